The van der Waals surface area contributed by atoms with Crippen molar-refractivity contribution >= 4 is 11.4 Å². The maximum Gasteiger partial charge on any atom is 0.166 e. The number of aromatic nitrogens is 3. The van der Waals surface area contributed by atoms with Crippen LogP contribution < -0.4 is 4.74 Å². The number of hydrogen-bond acceptors (Lipinski definition) is 4. The molecule has 0 fully saturated rings. The van der Waals surface area contributed by atoms with Crippen LogP contribution in [0.1, 0.15) is 39.6 Å². The van der Waals surface area contributed by atoms with Crippen molar-refractivity contribution in [2.24, 2.45) is 0 Å². The number of carbonyl (C=O) groups excluding carboxylic acids is 1. The molecule has 2 heterocycles. The van der Waals surface area contributed by atoms with Gasteiger partial charge in [0.15, 0.2) is 11.4 Å². The fraction of sp³-hybridized carbons (Fsp3) is 0.208. The third-order valence-corrected chi connectivity index (χ3v) is 5.83. The number of methoxy groups -OCH3 is 1. The number of halogens is 2. The van der Waals surface area contributed by atoms with Gasteiger partial charge in [0.25, 0.3) is 0 Å². The molecule has 0 spiro atoms. The number of Topliss-reactive ketones (excluding diaryl/α,β-unsaturated/α-hetero) is 1. The predicted octanol–water partition coefficient (Wildman–Crippen LogP) is 4.90. The highest BCUT2D eigenvalue weighted by Gasteiger charge is 2.30. The Morgan fingerprint density at radius 2 is 1.77 bits per heavy atom. The smallest absolute Gasteiger partial charge is 0.166 e. The van der Waals surface area contributed by atoms with Crippen LogP contribution in [0.5, 0.6) is 5.75 Å². The minimum absolute atomic E-state index is 0.107. The lowest BCUT2D eigenvalue weighted by Crippen LogP contribution is -2.22. The summed E-state index contributed by atoms with van der Waals surface area (Å²) in [5.74, 6) is -0.983. The van der Waals surface area contributed by atoms with E-state index in [0.717, 1.165) is 28.6 Å². The van der Waals surface area contributed by atoms with E-state index in [2.05, 4.69) is 10.1 Å². The molecule has 0 saturated heterocycles. The van der Waals surface area contributed by atoms with E-state index >= 15 is 0 Å². The summed E-state index contributed by atoms with van der Waals surface area (Å²) in [6, 6.07) is 11.0. The number of ether oxygens (including phenoxy) is 1. The third-order valence-electron chi connectivity index (χ3n) is 5.83. The lowest BCUT2D eigenvalue weighted by Gasteiger charge is -2.24. The number of carbonyl (C=O) groups is 1. The first-order valence-electron chi connectivity index (χ1n) is 9.95. The summed E-state index contributed by atoms with van der Waals surface area (Å²) in [7, 11) is 1.61. The SMILES string of the molecule is COc1ccc(-c2c(C)nn3c4c(cnc23)C(=O)C[C@H](c2cc(F)cc(F)c2)C4)cc1. The molecule has 5 nitrogen and oxygen atoms in total. The Morgan fingerprint density at radius 3 is 2.45 bits per heavy atom. The number of benzene rings is 2. The van der Waals surface area contributed by atoms with Gasteiger partial charge in [0.05, 0.1) is 24.1 Å². The molecule has 2 aromatic heterocycles. The molecule has 0 bridgehead atoms. The van der Waals surface area contributed by atoms with Crippen molar-refractivity contribution in [3.63, 3.8) is 0 Å². The summed E-state index contributed by atoms with van der Waals surface area (Å²) in [4.78, 5) is 17.4. The maximum atomic E-state index is 13.8. The molecular formula is C24H19F2N3O2. The highest BCUT2D eigenvalue weighted by Crippen LogP contribution is 2.36. The van der Waals surface area contributed by atoms with E-state index in [1.165, 1.54) is 12.1 Å². The van der Waals surface area contributed by atoms with Gasteiger partial charge in [-0.1, -0.05) is 12.1 Å². The second-order valence-electron chi connectivity index (χ2n) is 7.77. The van der Waals surface area contributed by atoms with E-state index in [0.29, 0.717) is 28.9 Å². The molecule has 7 heteroatoms. The van der Waals surface area contributed by atoms with E-state index < -0.39 is 11.6 Å². The van der Waals surface area contributed by atoms with E-state index in [1.54, 1.807) is 17.8 Å². The Labute approximate surface area is 177 Å². The standard InChI is InChI=1S/C24H19F2N3O2/c1-13-23(14-3-5-19(31-2)6-4-14)24-27-12-20-21(29(24)28-13)9-16(10-22(20)30)15-7-17(25)11-18(26)8-15/h3-8,11-12,16H,9-10H2,1-2H3/t16-/m1/s1. The molecule has 4 aromatic rings. The minimum Gasteiger partial charge on any atom is -0.497 e. The first kappa shape index (κ1) is 19.4. The zero-order valence-electron chi connectivity index (χ0n) is 17.0. The zero-order valence-corrected chi connectivity index (χ0v) is 17.0. The number of aryl methyl sites for hydroxylation is 1. The Bertz CT molecular complexity index is 1310. The van der Waals surface area contributed by atoms with E-state index in [4.69, 9.17) is 4.74 Å². The van der Waals surface area contributed by atoms with Gasteiger partial charge in [-0.05, 0) is 54.7 Å². The van der Waals surface area contributed by atoms with Gasteiger partial charge in [-0.3, -0.25) is 4.79 Å². The van der Waals surface area contributed by atoms with Crippen molar-refractivity contribution in [3.8, 4) is 16.9 Å². The van der Waals surface area contributed by atoms with Gasteiger partial charge in [0, 0.05) is 24.2 Å². The molecule has 5 rings (SSSR count). The zero-order chi connectivity index (χ0) is 21.7. The first-order chi connectivity index (χ1) is 14.9. The highest BCUT2D eigenvalue weighted by molar-refractivity contribution is 5.99. The first-order valence-corrected chi connectivity index (χ1v) is 9.95. The molecule has 0 unspecified atom stereocenters. The Hall–Kier alpha value is -3.61. The molecule has 1 atom stereocenters. The Balaban J connectivity index is 1.63. The molecular weight excluding hydrogens is 400 g/mol. The van der Waals surface area contributed by atoms with Crippen LogP contribution in [0.15, 0.2) is 48.7 Å². The average molecular weight is 419 g/mol. The van der Waals surface area contributed by atoms with Crippen molar-refractivity contribution in [3.05, 3.63) is 82.8 Å². The van der Waals surface area contributed by atoms with E-state index in [9.17, 15) is 13.6 Å². The van der Waals surface area contributed by atoms with Gasteiger partial charge in [0.2, 0.25) is 0 Å². The van der Waals surface area contributed by atoms with Crippen LogP contribution >= 0.6 is 0 Å². The summed E-state index contributed by atoms with van der Waals surface area (Å²) in [5.41, 5.74) is 4.91. The average Bonchev–Trinajstić information content (AvgIpc) is 3.09. The quantitative estimate of drug-likeness (QED) is 0.474. The molecule has 156 valence electrons. The molecule has 0 N–H and O–H groups in total. The van der Waals surface area contributed by atoms with Crippen LogP contribution in [0.4, 0.5) is 8.78 Å². The monoisotopic (exact) mass is 419 g/mol. The molecule has 0 aliphatic heterocycles. The van der Waals surface area contributed by atoms with Crippen LogP contribution in [0.3, 0.4) is 0 Å². The molecule has 0 amide bonds. The Morgan fingerprint density at radius 1 is 1.06 bits per heavy atom. The third kappa shape index (κ3) is 3.26. The van der Waals surface area contributed by atoms with Crippen LogP contribution in [0.25, 0.3) is 16.8 Å². The van der Waals surface area contributed by atoms with Crippen LogP contribution in [0.2, 0.25) is 0 Å². The summed E-state index contributed by atoms with van der Waals surface area (Å²) in [6.07, 6.45) is 2.20. The summed E-state index contributed by atoms with van der Waals surface area (Å²) in [6.45, 7) is 1.89. The Kier molecular flexibility index (Phi) is 4.54. The number of hydrogen-bond donors (Lipinski definition) is 0. The normalized spacial score (nSPS) is 15.9. The molecule has 0 saturated carbocycles. The lowest BCUT2D eigenvalue weighted by molar-refractivity contribution is 0.0962. The summed E-state index contributed by atoms with van der Waals surface area (Å²) < 4.78 is 34.5. The minimum atomic E-state index is -0.648. The summed E-state index contributed by atoms with van der Waals surface area (Å²) in [5, 5.41) is 4.67. The van der Waals surface area contributed by atoms with Gasteiger partial charge < -0.3 is 4.74 Å². The predicted molar refractivity (Wildman–Crippen MR) is 111 cm³/mol. The van der Waals surface area contributed by atoms with Gasteiger partial charge in [0.1, 0.15) is 17.4 Å². The highest BCUT2D eigenvalue weighted by atomic mass is 19.1. The largest absolute Gasteiger partial charge is 0.497 e. The fourth-order valence-electron chi connectivity index (χ4n) is 4.35. The van der Waals surface area contributed by atoms with Crippen molar-refractivity contribution in [1.82, 2.24) is 14.6 Å². The van der Waals surface area contributed by atoms with Gasteiger partial charge in [-0.15, -0.1) is 0 Å². The second kappa shape index (κ2) is 7.27. The second-order valence-corrected chi connectivity index (χ2v) is 7.77. The van der Waals surface area contributed by atoms with Crippen molar-refractivity contribution in [2.75, 3.05) is 7.11 Å². The summed E-state index contributed by atoms with van der Waals surface area (Å²) >= 11 is 0. The topological polar surface area (TPSA) is 56.5 Å². The van der Waals surface area contributed by atoms with E-state index in [1.807, 2.05) is 31.2 Å². The lowest BCUT2D eigenvalue weighted by atomic mass is 9.82. The van der Waals surface area contributed by atoms with Crippen LogP contribution in [-0.4, -0.2) is 27.5 Å². The molecule has 1 aliphatic rings. The maximum absolute atomic E-state index is 13.8. The van der Waals surface area contributed by atoms with Crippen molar-refractivity contribution in [2.45, 2.75) is 25.7 Å². The van der Waals surface area contributed by atoms with Gasteiger partial charge in [-0.25, -0.2) is 18.3 Å². The molecule has 1 aliphatic carbocycles. The van der Waals surface area contributed by atoms with Crippen molar-refractivity contribution < 1.29 is 18.3 Å². The number of nitrogens with zero attached hydrogens (tertiary/aromatic N) is 3. The van der Waals surface area contributed by atoms with Crippen LogP contribution in [-0.2, 0) is 6.42 Å². The van der Waals surface area contributed by atoms with E-state index in [-0.39, 0.29) is 18.1 Å². The molecule has 31 heavy (non-hydrogen) atoms. The molecule has 0 radical (unpaired) electrons. The number of ketones is 1. The van der Waals surface area contributed by atoms with Gasteiger partial charge in [-0.2, -0.15) is 5.10 Å². The van der Waals surface area contributed by atoms with Crippen molar-refractivity contribution in [1.29, 1.82) is 0 Å². The van der Waals surface area contributed by atoms with Crippen LogP contribution in [0, 0.1) is 18.6 Å². The number of fused-ring (bicyclic) bond motifs is 3. The number of rotatable bonds is 3. The van der Waals surface area contributed by atoms with Gasteiger partial charge >= 0.3 is 0 Å². The molecule has 2 aromatic carbocycles. The fourth-order valence-corrected chi connectivity index (χ4v) is 4.35.